The van der Waals surface area contributed by atoms with E-state index in [-0.39, 0.29) is 0 Å². The smallest absolute Gasteiger partial charge is 0.343 e. The van der Waals surface area contributed by atoms with Gasteiger partial charge in [0.25, 0.3) is 5.91 Å². The molecule has 1 heterocycles. The molecule has 1 rings (SSSR count). The number of amides is 2. The molecule has 0 aliphatic carbocycles. The molecule has 0 radical (unpaired) electrons. The predicted octanol–water partition coefficient (Wildman–Crippen LogP) is -1.48. The summed E-state index contributed by atoms with van der Waals surface area (Å²) in [7, 11) is -4.50. The maximum atomic E-state index is 11.1. The first-order chi connectivity index (χ1) is 6.25. The highest BCUT2D eigenvalue weighted by Crippen LogP contribution is 2.22. The molecule has 2 amide bonds. The minimum Gasteiger partial charge on any atom is -0.343 e. The molecule has 0 saturated carbocycles. The molecule has 0 unspecified atom stereocenters. The van der Waals surface area contributed by atoms with Crippen LogP contribution in [0.15, 0.2) is 0 Å². The molecule has 7 nitrogen and oxygen atoms in total. The van der Waals surface area contributed by atoms with E-state index in [2.05, 4.69) is 5.32 Å². The normalized spacial score (nSPS) is 27.1. The van der Waals surface area contributed by atoms with Crippen LogP contribution >= 0.6 is 0 Å². The van der Waals surface area contributed by atoms with E-state index < -0.39 is 34.2 Å². The summed E-state index contributed by atoms with van der Waals surface area (Å²) in [6.45, 7) is 2.63. The van der Waals surface area contributed by atoms with Crippen molar-refractivity contribution in [3.8, 4) is 0 Å². The number of carbonyl (C=O) groups is 2. The van der Waals surface area contributed by atoms with Crippen LogP contribution in [0.25, 0.3) is 0 Å². The Morgan fingerprint density at radius 3 is 2.36 bits per heavy atom. The van der Waals surface area contributed by atoms with Crippen LogP contribution in [0.3, 0.4) is 0 Å². The topological polar surface area (TPSA) is 104 Å². The lowest BCUT2D eigenvalue weighted by Crippen LogP contribution is -2.70. The monoisotopic (exact) mass is 222 g/mol. The Bertz CT molecular complexity index is 376. The lowest BCUT2D eigenvalue weighted by Gasteiger charge is -2.41. The molecule has 0 aromatic heterocycles. The van der Waals surface area contributed by atoms with Crippen LogP contribution in [-0.2, 0) is 19.9 Å². The minimum absolute atomic E-state index is 0.327. The average Bonchev–Trinajstić information content (AvgIpc) is 1.98. The Kier molecular flexibility index (Phi) is 2.50. The summed E-state index contributed by atoms with van der Waals surface area (Å²) in [5.74, 6) is -1.25. The minimum atomic E-state index is -4.50. The zero-order chi connectivity index (χ0) is 11.1. The van der Waals surface area contributed by atoms with E-state index in [0.29, 0.717) is 4.31 Å². The first-order valence-corrected chi connectivity index (χ1v) is 5.22. The molecule has 14 heavy (non-hydrogen) atoms. The van der Waals surface area contributed by atoms with Crippen molar-refractivity contribution in [1.82, 2.24) is 9.62 Å². The summed E-state index contributed by atoms with van der Waals surface area (Å²) in [5.41, 5.74) is 0. The predicted molar refractivity (Wildman–Crippen MR) is 45.5 cm³/mol. The average molecular weight is 222 g/mol. The van der Waals surface area contributed by atoms with Gasteiger partial charge in [-0.2, -0.15) is 8.42 Å². The Hall–Kier alpha value is -1.15. The summed E-state index contributed by atoms with van der Waals surface area (Å²) >= 11 is 0. The number of β-lactam (4-membered cyclic amide) rings is 1. The Morgan fingerprint density at radius 2 is 2.07 bits per heavy atom. The van der Waals surface area contributed by atoms with Crippen molar-refractivity contribution >= 4 is 22.1 Å². The molecule has 80 valence electrons. The van der Waals surface area contributed by atoms with Crippen LogP contribution in [0.2, 0.25) is 0 Å². The van der Waals surface area contributed by atoms with Gasteiger partial charge in [0, 0.05) is 6.92 Å². The molecule has 2 atom stereocenters. The van der Waals surface area contributed by atoms with E-state index >= 15 is 0 Å². The number of nitrogens with zero attached hydrogens (tertiary/aromatic N) is 1. The van der Waals surface area contributed by atoms with Gasteiger partial charge in [0.15, 0.2) is 0 Å². The van der Waals surface area contributed by atoms with Gasteiger partial charge in [0.05, 0.1) is 6.04 Å². The number of rotatable bonds is 2. The van der Waals surface area contributed by atoms with Gasteiger partial charge in [-0.25, -0.2) is 4.31 Å². The maximum Gasteiger partial charge on any atom is 0.362 e. The van der Waals surface area contributed by atoms with Crippen LogP contribution in [0.5, 0.6) is 0 Å². The zero-order valence-electron chi connectivity index (χ0n) is 7.59. The summed E-state index contributed by atoms with van der Waals surface area (Å²) in [6.07, 6.45) is 0. The zero-order valence-corrected chi connectivity index (χ0v) is 8.41. The second-order valence-electron chi connectivity index (χ2n) is 3.03. The molecular formula is C6H10N2O5S. The molecule has 0 aromatic rings. The van der Waals surface area contributed by atoms with Gasteiger partial charge in [-0.15, -0.1) is 0 Å². The van der Waals surface area contributed by atoms with Crippen LogP contribution in [0.1, 0.15) is 13.8 Å². The molecule has 0 bridgehead atoms. The van der Waals surface area contributed by atoms with Crippen molar-refractivity contribution < 1.29 is 22.6 Å². The van der Waals surface area contributed by atoms with Gasteiger partial charge in [-0.3, -0.25) is 14.1 Å². The van der Waals surface area contributed by atoms with E-state index in [1.807, 2.05) is 0 Å². The largest absolute Gasteiger partial charge is 0.362 e. The van der Waals surface area contributed by atoms with Gasteiger partial charge >= 0.3 is 10.3 Å². The summed E-state index contributed by atoms with van der Waals surface area (Å²) in [4.78, 5) is 21.7. The standard InChI is InChI=1S/C6H10N2O5S/c1-3-5(7-4(2)9)6(10)8(3)14(11,12)13/h3,5H,1-2H3,(H,7,9)(H,11,12,13)/t3-,5-/m0/s1. The van der Waals surface area contributed by atoms with Gasteiger partial charge in [0.2, 0.25) is 5.91 Å². The van der Waals surface area contributed by atoms with Crippen molar-refractivity contribution in [1.29, 1.82) is 0 Å². The van der Waals surface area contributed by atoms with Crippen molar-refractivity contribution in [3.05, 3.63) is 0 Å². The number of hydrogen-bond acceptors (Lipinski definition) is 4. The van der Waals surface area contributed by atoms with Crippen LogP contribution in [0.4, 0.5) is 0 Å². The lowest BCUT2D eigenvalue weighted by atomic mass is 10.0. The van der Waals surface area contributed by atoms with Gasteiger partial charge in [0.1, 0.15) is 6.04 Å². The highest BCUT2D eigenvalue weighted by Gasteiger charge is 2.50. The van der Waals surface area contributed by atoms with E-state index in [4.69, 9.17) is 4.55 Å². The Labute approximate surface area is 81.0 Å². The summed E-state index contributed by atoms with van der Waals surface area (Å²) in [6, 6.07) is -1.61. The third-order valence-corrected chi connectivity index (χ3v) is 2.95. The van der Waals surface area contributed by atoms with Crippen molar-refractivity contribution in [2.75, 3.05) is 0 Å². The molecule has 1 aliphatic heterocycles. The van der Waals surface area contributed by atoms with Crippen molar-refractivity contribution in [3.63, 3.8) is 0 Å². The van der Waals surface area contributed by atoms with E-state index in [0.717, 1.165) is 0 Å². The number of carbonyl (C=O) groups excluding carboxylic acids is 2. The van der Waals surface area contributed by atoms with Gasteiger partial charge < -0.3 is 5.32 Å². The fourth-order valence-electron chi connectivity index (χ4n) is 1.32. The van der Waals surface area contributed by atoms with Crippen molar-refractivity contribution in [2.45, 2.75) is 25.9 Å². The molecule has 1 aliphatic rings. The molecule has 8 heteroatoms. The van der Waals surface area contributed by atoms with Crippen LogP contribution < -0.4 is 5.32 Å². The maximum absolute atomic E-state index is 11.1. The summed E-state index contributed by atoms with van der Waals surface area (Å²) in [5, 5.41) is 2.28. The molecule has 0 aromatic carbocycles. The molecular weight excluding hydrogens is 212 g/mol. The van der Waals surface area contributed by atoms with E-state index in [1.54, 1.807) is 0 Å². The SMILES string of the molecule is CC(=O)N[C@@H]1C(=O)N(S(=O)(=O)O)[C@H]1C. The molecule has 0 spiro atoms. The second kappa shape index (κ2) is 3.21. The lowest BCUT2D eigenvalue weighted by molar-refractivity contribution is -0.144. The van der Waals surface area contributed by atoms with Crippen LogP contribution in [-0.4, -0.2) is 41.2 Å². The molecule has 2 N–H and O–H groups in total. The molecule has 1 fully saturated rings. The van der Waals surface area contributed by atoms with E-state index in [9.17, 15) is 18.0 Å². The quantitative estimate of drug-likeness (QED) is 0.438. The first kappa shape index (κ1) is 10.9. The number of nitrogens with one attached hydrogen (secondary N) is 1. The third-order valence-electron chi connectivity index (χ3n) is 1.94. The fraction of sp³-hybridized carbons (Fsp3) is 0.667. The third kappa shape index (κ3) is 1.70. The first-order valence-electron chi connectivity index (χ1n) is 3.83. The highest BCUT2D eigenvalue weighted by atomic mass is 32.2. The highest BCUT2D eigenvalue weighted by molar-refractivity contribution is 7.84. The number of hydrogen-bond donors (Lipinski definition) is 2. The van der Waals surface area contributed by atoms with Crippen LogP contribution in [0, 0.1) is 0 Å². The van der Waals surface area contributed by atoms with Gasteiger partial charge in [-0.1, -0.05) is 0 Å². The van der Waals surface area contributed by atoms with Crippen molar-refractivity contribution in [2.24, 2.45) is 0 Å². The summed E-state index contributed by atoms with van der Waals surface area (Å²) < 4.78 is 30.1. The second-order valence-corrected chi connectivity index (χ2v) is 4.32. The van der Waals surface area contributed by atoms with E-state index in [1.165, 1.54) is 13.8 Å². The van der Waals surface area contributed by atoms with Gasteiger partial charge in [-0.05, 0) is 6.92 Å². The Balaban J connectivity index is 2.76. The molecule has 1 saturated heterocycles. The fourth-order valence-corrected chi connectivity index (χ4v) is 2.21. The Morgan fingerprint density at radius 1 is 1.57 bits per heavy atom.